The van der Waals surface area contributed by atoms with Crippen molar-refractivity contribution in [3.63, 3.8) is 0 Å². The molecule has 1 atom stereocenters. The molecule has 2 aromatic carbocycles. The van der Waals surface area contributed by atoms with Crippen molar-refractivity contribution >= 4 is 29.4 Å². The molecule has 0 amide bonds. The van der Waals surface area contributed by atoms with Crippen molar-refractivity contribution < 1.29 is 33.0 Å². The van der Waals surface area contributed by atoms with Crippen LogP contribution in [0.1, 0.15) is 61.0 Å². The molecule has 226 valence electrons. The highest BCUT2D eigenvalue weighted by molar-refractivity contribution is 7.07. The number of furan rings is 1. The molecule has 4 aromatic rings. The molecule has 0 spiro atoms. The molecule has 0 N–H and O–H groups in total. The average Bonchev–Trinajstić information content (AvgIpc) is 3.71. The topological polar surface area (TPSA) is 119 Å². The lowest BCUT2D eigenvalue weighted by molar-refractivity contribution is -0.139. The Balaban J connectivity index is 1.39. The first-order valence-electron chi connectivity index (χ1n) is 14.2. The van der Waals surface area contributed by atoms with Crippen LogP contribution in [0.2, 0.25) is 0 Å². The normalized spacial score (nSPS) is 15.8. The minimum atomic E-state index is -0.780. The van der Waals surface area contributed by atoms with E-state index in [1.54, 1.807) is 64.1 Å². The van der Waals surface area contributed by atoms with Gasteiger partial charge in [0.05, 0.1) is 40.1 Å². The summed E-state index contributed by atoms with van der Waals surface area (Å²) in [6.07, 6.45) is 1.45. The lowest BCUT2D eigenvalue weighted by Crippen LogP contribution is -2.39. The molecular formula is C33H30N2O8S. The summed E-state index contributed by atoms with van der Waals surface area (Å²) < 4.78 is 29.7. The Morgan fingerprint density at radius 1 is 1.07 bits per heavy atom. The second kappa shape index (κ2) is 11.6. The van der Waals surface area contributed by atoms with Gasteiger partial charge in [-0.25, -0.2) is 14.6 Å². The van der Waals surface area contributed by atoms with Gasteiger partial charge in [-0.05, 0) is 82.1 Å². The van der Waals surface area contributed by atoms with Crippen LogP contribution in [0.5, 0.6) is 11.5 Å². The Bertz CT molecular complexity index is 2010. The summed E-state index contributed by atoms with van der Waals surface area (Å²) in [4.78, 5) is 44.5. The van der Waals surface area contributed by atoms with Crippen molar-refractivity contribution in [3.05, 3.63) is 102 Å². The van der Waals surface area contributed by atoms with Gasteiger partial charge in [0.1, 0.15) is 11.5 Å². The molecule has 0 bridgehead atoms. The summed E-state index contributed by atoms with van der Waals surface area (Å²) >= 11 is 1.20. The van der Waals surface area contributed by atoms with Crippen molar-refractivity contribution in [1.29, 1.82) is 0 Å². The van der Waals surface area contributed by atoms with Crippen LogP contribution in [0.4, 0.5) is 0 Å². The zero-order valence-electron chi connectivity index (χ0n) is 24.8. The van der Waals surface area contributed by atoms with Crippen LogP contribution in [0.25, 0.3) is 17.4 Å². The number of hydrogen-bond donors (Lipinski definition) is 0. The van der Waals surface area contributed by atoms with Crippen LogP contribution in [-0.4, -0.2) is 36.0 Å². The highest BCUT2D eigenvalue weighted by atomic mass is 32.1. The molecule has 11 heteroatoms. The summed E-state index contributed by atoms with van der Waals surface area (Å²) in [5, 5.41) is 0. The Morgan fingerprint density at radius 3 is 2.61 bits per heavy atom. The Morgan fingerprint density at radius 2 is 1.86 bits per heavy atom. The summed E-state index contributed by atoms with van der Waals surface area (Å²) in [6, 6.07) is 13.4. The molecule has 0 radical (unpaired) electrons. The van der Waals surface area contributed by atoms with Crippen LogP contribution < -0.4 is 24.4 Å². The Labute approximate surface area is 256 Å². The molecule has 6 rings (SSSR count). The number of rotatable bonds is 7. The second-order valence-electron chi connectivity index (χ2n) is 10.6. The number of nitrogens with zero attached hydrogens (tertiary/aromatic N) is 2. The molecule has 2 aliphatic rings. The van der Waals surface area contributed by atoms with Crippen molar-refractivity contribution in [2.24, 2.45) is 4.99 Å². The van der Waals surface area contributed by atoms with Crippen LogP contribution in [0, 0.1) is 6.92 Å². The number of thiazole rings is 1. The number of carbonyl (C=O) groups excluding carboxylic acids is 2. The van der Waals surface area contributed by atoms with Gasteiger partial charge in [0.25, 0.3) is 5.56 Å². The van der Waals surface area contributed by atoms with Gasteiger partial charge in [-0.3, -0.25) is 9.36 Å². The molecule has 0 unspecified atom stereocenters. The predicted octanol–water partition coefficient (Wildman–Crippen LogP) is 4.66. The van der Waals surface area contributed by atoms with Gasteiger partial charge in [-0.15, -0.1) is 0 Å². The number of carbonyl (C=O) groups is 2. The molecule has 0 saturated heterocycles. The number of esters is 2. The van der Waals surface area contributed by atoms with Gasteiger partial charge >= 0.3 is 11.9 Å². The smallest absolute Gasteiger partial charge is 0.338 e. The van der Waals surface area contributed by atoms with Gasteiger partial charge in [0.15, 0.2) is 16.3 Å². The maximum Gasteiger partial charge on any atom is 0.338 e. The first-order chi connectivity index (χ1) is 21.1. The largest absolute Gasteiger partial charge is 0.463 e. The third-order valence-electron chi connectivity index (χ3n) is 7.20. The number of ether oxygens (including phenoxy) is 4. The van der Waals surface area contributed by atoms with Gasteiger partial charge < -0.3 is 23.4 Å². The summed E-state index contributed by atoms with van der Waals surface area (Å²) in [5.74, 6) is 1.25. The molecule has 2 aliphatic heterocycles. The highest BCUT2D eigenvalue weighted by Gasteiger charge is 2.34. The molecule has 0 aliphatic carbocycles. The molecule has 10 nitrogen and oxygen atoms in total. The first kappa shape index (κ1) is 29.2. The van der Waals surface area contributed by atoms with E-state index >= 15 is 0 Å². The summed E-state index contributed by atoms with van der Waals surface area (Å²) in [6.45, 7) is 9.24. The van der Waals surface area contributed by atoms with Crippen LogP contribution in [-0.2, 0) is 14.3 Å². The Kier molecular flexibility index (Phi) is 7.73. The monoisotopic (exact) mass is 614 g/mol. The zero-order chi connectivity index (χ0) is 31.1. The maximum atomic E-state index is 13.9. The van der Waals surface area contributed by atoms with Crippen molar-refractivity contribution in [2.45, 2.75) is 46.8 Å². The zero-order valence-corrected chi connectivity index (χ0v) is 25.7. The number of aryl methyl sites for hydroxylation is 1. The third-order valence-corrected chi connectivity index (χ3v) is 8.18. The van der Waals surface area contributed by atoms with Gasteiger partial charge in [0.2, 0.25) is 6.79 Å². The fraction of sp³-hybridized carbons (Fsp3) is 0.273. The standard InChI is InChI=1S/C33H30N2O8S/c1-6-39-32(38)28-19(5)34-33-35(29(28)20-8-11-25-26(14-20)41-16-40-25)30(36)27(44-33)15-22-9-12-24(43-22)23-10-7-21(13-18(23)4)31(37)42-17(2)3/h7-15,17,29H,6,16H2,1-5H3/b27-15+/t29-/m0/s1. The van der Waals surface area contributed by atoms with Crippen molar-refractivity contribution in [1.82, 2.24) is 4.57 Å². The van der Waals surface area contributed by atoms with E-state index in [0.717, 1.165) is 11.1 Å². The summed E-state index contributed by atoms with van der Waals surface area (Å²) in [5.41, 5.74) is 3.20. The lowest BCUT2D eigenvalue weighted by atomic mass is 9.95. The lowest BCUT2D eigenvalue weighted by Gasteiger charge is -2.24. The van der Waals surface area contributed by atoms with E-state index in [2.05, 4.69) is 4.99 Å². The van der Waals surface area contributed by atoms with Crippen LogP contribution in [0.3, 0.4) is 0 Å². The van der Waals surface area contributed by atoms with Crippen molar-refractivity contribution in [2.75, 3.05) is 13.4 Å². The fourth-order valence-electron chi connectivity index (χ4n) is 5.24. The summed E-state index contributed by atoms with van der Waals surface area (Å²) in [7, 11) is 0. The molecule has 0 fully saturated rings. The number of benzene rings is 2. The number of allylic oxidation sites excluding steroid dienone is 1. The Hall–Kier alpha value is -4.90. The quantitative estimate of drug-likeness (QED) is 0.276. The average molecular weight is 615 g/mol. The van der Waals surface area contributed by atoms with E-state index in [1.165, 1.54) is 15.9 Å². The van der Waals surface area contributed by atoms with E-state index in [9.17, 15) is 14.4 Å². The first-order valence-corrected chi connectivity index (χ1v) is 15.0. The minimum absolute atomic E-state index is 0.0978. The molecular weight excluding hydrogens is 584 g/mol. The predicted molar refractivity (Wildman–Crippen MR) is 162 cm³/mol. The van der Waals surface area contributed by atoms with Crippen LogP contribution in [0.15, 0.2) is 74.0 Å². The molecule has 2 aromatic heterocycles. The number of fused-ring (bicyclic) bond motifs is 2. The van der Waals surface area contributed by atoms with E-state index in [4.69, 9.17) is 23.4 Å². The maximum absolute atomic E-state index is 13.9. The van der Waals surface area contributed by atoms with Crippen molar-refractivity contribution in [3.8, 4) is 22.8 Å². The van der Waals surface area contributed by atoms with E-state index < -0.39 is 12.0 Å². The minimum Gasteiger partial charge on any atom is -0.463 e. The van der Waals surface area contributed by atoms with E-state index in [1.807, 2.05) is 25.1 Å². The number of aromatic nitrogens is 1. The van der Waals surface area contributed by atoms with Gasteiger partial charge in [0, 0.05) is 11.6 Å². The van der Waals surface area contributed by atoms with Crippen LogP contribution >= 0.6 is 11.3 Å². The van der Waals surface area contributed by atoms with E-state index in [-0.39, 0.29) is 36.6 Å². The third kappa shape index (κ3) is 5.35. The molecule has 44 heavy (non-hydrogen) atoms. The molecule has 0 saturated carbocycles. The second-order valence-corrected chi connectivity index (χ2v) is 11.6. The van der Waals surface area contributed by atoms with E-state index in [0.29, 0.717) is 49.2 Å². The fourth-order valence-corrected chi connectivity index (χ4v) is 6.27. The number of hydrogen-bond acceptors (Lipinski definition) is 10. The van der Waals surface area contributed by atoms with Gasteiger partial charge in [-0.2, -0.15) is 0 Å². The SMILES string of the molecule is CCOC(=O)C1=C(C)N=c2s/c(=C/c3ccc(-c4ccc(C(=O)OC(C)C)cc4C)o3)c(=O)n2[C@H]1c1ccc2c(c1)OCO2. The highest BCUT2D eigenvalue weighted by Crippen LogP contribution is 2.38. The van der Waals surface area contributed by atoms with Gasteiger partial charge in [-0.1, -0.05) is 23.5 Å². The molecule has 4 heterocycles.